The number of ether oxygens (including phenoxy) is 1. The van der Waals surface area contributed by atoms with Gasteiger partial charge in [-0.2, -0.15) is 0 Å². The van der Waals surface area contributed by atoms with E-state index in [4.69, 9.17) is 10.5 Å². The number of halogens is 1. The molecule has 1 aromatic rings. The number of carbonyl (C=O) groups excluding carboxylic acids is 1. The number of esters is 1. The summed E-state index contributed by atoms with van der Waals surface area (Å²) in [6.07, 6.45) is 8.93. The van der Waals surface area contributed by atoms with E-state index in [2.05, 4.69) is 27.7 Å². The van der Waals surface area contributed by atoms with Crippen LogP contribution < -0.4 is 10.5 Å². The molecule has 0 heterocycles. The second kappa shape index (κ2) is 8.84. The van der Waals surface area contributed by atoms with Gasteiger partial charge in [0.1, 0.15) is 11.6 Å². The second-order valence-corrected chi connectivity index (χ2v) is 12.1. The van der Waals surface area contributed by atoms with E-state index in [1.54, 1.807) is 0 Å². The topological polar surface area (TPSA) is 52.3 Å². The van der Waals surface area contributed by atoms with Crippen LogP contribution in [0.5, 0.6) is 5.75 Å². The molecule has 0 radical (unpaired) electrons. The molecule has 1 saturated carbocycles. The van der Waals surface area contributed by atoms with Crippen molar-refractivity contribution in [3.05, 3.63) is 29.1 Å². The SMILES string of the molecule is CC(C)(C)CCCC(C)(C)C(=O)Oc1cc(F)c2c(c1)C1(C)CCCCCC(C2)C1N. The van der Waals surface area contributed by atoms with Crippen molar-refractivity contribution in [2.45, 2.75) is 111 Å². The summed E-state index contributed by atoms with van der Waals surface area (Å²) in [5.41, 5.74) is 7.82. The Labute approximate surface area is 188 Å². The number of benzene rings is 1. The van der Waals surface area contributed by atoms with Crippen molar-refractivity contribution in [1.29, 1.82) is 0 Å². The standard InChI is InChI=1S/C27H42FNO2/c1-25(2,3)12-10-13-26(4,5)24(30)31-19-16-21-20(22(28)17-19)15-18-11-8-7-9-14-27(21,6)23(18)29/h16-18,23H,7-15,29H2,1-6H3. The van der Waals surface area contributed by atoms with Gasteiger partial charge >= 0.3 is 5.97 Å². The predicted molar refractivity (Wildman–Crippen MR) is 125 cm³/mol. The average molecular weight is 432 g/mol. The number of fused-ring (bicyclic) bond motifs is 4. The number of carbonyl (C=O) groups is 1. The van der Waals surface area contributed by atoms with Gasteiger partial charge in [-0.1, -0.05) is 53.4 Å². The third-order valence-corrected chi connectivity index (χ3v) is 7.76. The van der Waals surface area contributed by atoms with Crippen molar-refractivity contribution in [2.24, 2.45) is 22.5 Å². The molecule has 4 heteroatoms. The maximum atomic E-state index is 15.2. The molecule has 2 aliphatic carbocycles. The zero-order valence-corrected chi connectivity index (χ0v) is 20.4. The van der Waals surface area contributed by atoms with Crippen LogP contribution in [0, 0.1) is 22.6 Å². The lowest BCUT2D eigenvalue weighted by atomic mass is 9.60. The highest BCUT2D eigenvalue weighted by molar-refractivity contribution is 5.78. The summed E-state index contributed by atoms with van der Waals surface area (Å²) in [7, 11) is 0. The van der Waals surface area contributed by atoms with Gasteiger partial charge in [0.15, 0.2) is 0 Å². The van der Waals surface area contributed by atoms with E-state index in [1.807, 2.05) is 19.9 Å². The van der Waals surface area contributed by atoms with Crippen molar-refractivity contribution in [2.75, 3.05) is 0 Å². The van der Waals surface area contributed by atoms with Crippen molar-refractivity contribution in [1.82, 2.24) is 0 Å². The molecule has 3 nitrogen and oxygen atoms in total. The molecule has 2 aliphatic rings. The fraction of sp³-hybridized carbons (Fsp3) is 0.741. The first kappa shape index (κ1) is 24.2. The summed E-state index contributed by atoms with van der Waals surface area (Å²) in [5, 5.41) is 0. The molecule has 3 rings (SSSR count). The van der Waals surface area contributed by atoms with Gasteiger partial charge in [-0.15, -0.1) is 0 Å². The van der Waals surface area contributed by atoms with Crippen LogP contribution >= 0.6 is 0 Å². The molecule has 0 spiro atoms. The van der Waals surface area contributed by atoms with Crippen LogP contribution in [-0.2, 0) is 16.6 Å². The first-order valence-electron chi connectivity index (χ1n) is 12.1. The number of rotatable bonds is 5. The maximum Gasteiger partial charge on any atom is 0.316 e. The second-order valence-electron chi connectivity index (χ2n) is 12.1. The zero-order chi connectivity index (χ0) is 23.0. The largest absolute Gasteiger partial charge is 0.426 e. The molecule has 0 amide bonds. The third kappa shape index (κ3) is 5.32. The quantitative estimate of drug-likeness (QED) is 0.417. The Morgan fingerprint density at radius 3 is 2.55 bits per heavy atom. The maximum absolute atomic E-state index is 15.2. The molecular weight excluding hydrogens is 389 g/mol. The molecule has 0 saturated heterocycles. The van der Waals surface area contributed by atoms with E-state index in [0.717, 1.165) is 49.7 Å². The van der Waals surface area contributed by atoms with E-state index < -0.39 is 5.41 Å². The van der Waals surface area contributed by atoms with Gasteiger partial charge in [-0.05, 0) is 74.5 Å². The highest BCUT2D eigenvalue weighted by atomic mass is 19.1. The van der Waals surface area contributed by atoms with E-state index in [0.29, 0.717) is 18.1 Å². The molecule has 3 atom stereocenters. The molecule has 3 unspecified atom stereocenters. The Balaban J connectivity index is 1.82. The van der Waals surface area contributed by atoms with Crippen LogP contribution in [0.2, 0.25) is 0 Å². The normalized spacial score (nSPS) is 26.6. The fourth-order valence-corrected chi connectivity index (χ4v) is 5.54. The summed E-state index contributed by atoms with van der Waals surface area (Å²) in [6.45, 7) is 12.6. The van der Waals surface area contributed by atoms with Gasteiger partial charge in [-0.25, -0.2) is 4.39 Å². The van der Waals surface area contributed by atoms with Gasteiger partial charge in [0, 0.05) is 17.5 Å². The number of hydrogen-bond donors (Lipinski definition) is 1. The third-order valence-electron chi connectivity index (χ3n) is 7.76. The first-order chi connectivity index (χ1) is 14.3. The summed E-state index contributed by atoms with van der Waals surface area (Å²) in [4.78, 5) is 13.0. The molecular formula is C27H42FNO2. The Kier molecular flexibility index (Phi) is 6.91. The van der Waals surface area contributed by atoms with Crippen LogP contribution in [0.4, 0.5) is 4.39 Å². The molecule has 2 N–H and O–H groups in total. The monoisotopic (exact) mass is 431 g/mol. The van der Waals surface area contributed by atoms with Gasteiger partial charge in [0.25, 0.3) is 0 Å². The van der Waals surface area contributed by atoms with Gasteiger partial charge in [0.05, 0.1) is 5.41 Å². The Morgan fingerprint density at radius 1 is 1.16 bits per heavy atom. The fourth-order valence-electron chi connectivity index (χ4n) is 5.54. The van der Waals surface area contributed by atoms with Crippen molar-refractivity contribution < 1.29 is 13.9 Å². The highest BCUT2D eigenvalue weighted by Crippen LogP contribution is 2.47. The summed E-state index contributed by atoms with van der Waals surface area (Å²) >= 11 is 0. The molecule has 1 aromatic carbocycles. The van der Waals surface area contributed by atoms with E-state index in [9.17, 15) is 4.79 Å². The van der Waals surface area contributed by atoms with Gasteiger partial charge in [0.2, 0.25) is 0 Å². The Hall–Kier alpha value is -1.42. The van der Waals surface area contributed by atoms with Crippen molar-refractivity contribution >= 4 is 5.97 Å². The van der Waals surface area contributed by atoms with E-state index >= 15 is 4.39 Å². The first-order valence-corrected chi connectivity index (χ1v) is 12.1. The smallest absolute Gasteiger partial charge is 0.316 e. The predicted octanol–water partition coefficient (Wildman–Crippen LogP) is 6.70. The minimum absolute atomic E-state index is 0.0134. The van der Waals surface area contributed by atoms with Crippen molar-refractivity contribution in [3.8, 4) is 5.75 Å². The highest BCUT2D eigenvalue weighted by Gasteiger charge is 2.45. The van der Waals surface area contributed by atoms with Crippen LogP contribution in [-0.4, -0.2) is 12.0 Å². The molecule has 174 valence electrons. The Morgan fingerprint density at radius 2 is 1.87 bits per heavy atom. The lowest BCUT2D eigenvalue weighted by molar-refractivity contribution is -0.144. The van der Waals surface area contributed by atoms with Crippen LogP contribution in [0.3, 0.4) is 0 Å². The molecule has 2 bridgehead atoms. The average Bonchev–Trinajstić information content (AvgIpc) is 2.64. The minimum atomic E-state index is -0.608. The Bertz CT molecular complexity index is 810. The van der Waals surface area contributed by atoms with Crippen LogP contribution in [0.1, 0.15) is 104 Å². The summed E-state index contributed by atoms with van der Waals surface area (Å²) < 4.78 is 21.0. The van der Waals surface area contributed by atoms with E-state index in [1.165, 1.54) is 18.9 Å². The van der Waals surface area contributed by atoms with Crippen LogP contribution in [0.15, 0.2) is 12.1 Å². The number of nitrogens with two attached hydrogens (primary N) is 1. The molecule has 0 aliphatic heterocycles. The summed E-state index contributed by atoms with van der Waals surface area (Å²) in [6, 6.07) is 3.32. The summed E-state index contributed by atoms with van der Waals surface area (Å²) in [5.74, 6) is 0.0950. The van der Waals surface area contributed by atoms with Crippen LogP contribution in [0.25, 0.3) is 0 Å². The van der Waals surface area contributed by atoms with Gasteiger partial charge < -0.3 is 10.5 Å². The molecule has 0 aromatic heterocycles. The van der Waals surface area contributed by atoms with E-state index in [-0.39, 0.29) is 28.7 Å². The van der Waals surface area contributed by atoms with Crippen molar-refractivity contribution in [3.63, 3.8) is 0 Å². The zero-order valence-electron chi connectivity index (χ0n) is 20.4. The molecule has 1 fully saturated rings. The lowest BCUT2D eigenvalue weighted by Crippen LogP contribution is -2.53. The lowest BCUT2D eigenvalue weighted by Gasteiger charge is -2.47. The molecule has 31 heavy (non-hydrogen) atoms. The van der Waals surface area contributed by atoms with Gasteiger partial charge in [-0.3, -0.25) is 4.79 Å². The minimum Gasteiger partial charge on any atom is -0.426 e. The number of hydrogen-bond acceptors (Lipinski definition) is 3.